The number of likely N-dealkylation sites (tertiary alicyclic amines) is 1. The number of hydrogen-bond donors (Lipinski definition) is 1. The molecule has 1 aliphatic heterocycles. The fraction of sp³-hybridized carbons (Fsp3) is 0.727. The van der Waals surface area contributed by atoms with Crippen molar-refractivity contribution in [1.82, 2.24) is 9.80 Å². The number of rotatable bonds is 6. The van der Waals surface area contributed by atoms with E-state index in [0.717, 1.165) is 50.8 Å². The number of piperidine rings is 1. The van der Waals surface area contributed by atoms with E-state index in [4.69, 9.17) is 0 Å². The minimum atomic E-state index is -4.72. The fourth-order valence-corrected chi connectivity index (χ4v) is 4.90. The monoisotopic (exact) mass is 486 g/mol. The number of nitrogens with zero attached hydrogens (tertiary/aromatic N) is 2. The van der Waals surface area contributed by atoms with Crippen LogP contribution in [0.25, 0.3) is 0 Å². The molecule has 0 aromatic heterocycles. The molecule has 0 radical (unpaired) electrons. The van der Waals surface area contributed by atoms with Crippen LogP contribution in [0.15, 0.2) is 24.3 Å². The Hall–Kier alpha value is -0.730. The summed E-state index contributed by atoms with van der Waals surface area (Å²) >= 11 is 0. The van der Waals surface area contributed by atoms with Gasteiger partial charge in [-0.2, -0.15) is 0 Å². The Morgan fingerprint density at radius 1 is 1.13 bits per heavy atom. The molecule has 3 rings (SSSR count). The number of alkyl halides is 3. The average molecular weight is 487 g/mol. The molecule has 2 fully saturated rings. The lowest BCUT2D eigenvalue weighted by atomic mass is 9.72. The van der Waals surface area contributed by atoms with Gasteiger partial charge in [-0.05, 0) is 70.6 Å². The molecule has 1 heterocycles. The van der Waals surface area contributed by atoms with Crippen molar-refractivity contribution in [3.8, 4) is 5.75 Å². The van der Waals surface area contributed by atoms with Crippen molar-refractivity contribution in [2.75, 3.05) is 33.7 Å². The Morgan fingerprint density at radius 3 is 2.29 bits per heavy atom. The molecule has 0 spiro atoms. The molecule has 1 atom stereocenters. The zero-order valence-electron chi connectivity index (χ0n) is 18.2. The third kappa shape index (κ3) is 7.97. The highest BCUT2D eigenvalue weighted by atomic mass is 35.5. The molecule has 31 heavy (non-hydrogen) atoms. The topological polar surface area (TPSA) is 35.9 Å². The van der Waals surface area contributed by atoms with Gasteiger partial charge in [0, 0.05) is 18.5 Å². The van der Waals surface area contributed by atoms with Gasteiger partial charge in [0.15, 0.2) is 0 Å². The molecule has 1 aromatic rings. The van der Waals surface area contributed by atoms with Gasteiger partial charge in [-0.3, -0.25) is 0 Å². The van der Waals surface area contributed by atoms with Crippen molar-refractivity contribution in [1.29, 1.82) is 0 Å². The third-order valence-corrected chi connectivity index (χ3v) is 6.59. The Bertz CT molecular complexity index is 662. The Labute approximate surface area is 195 Å². The van der Waals surface area contributed by atoms with E-state index in [-0.39, 0.29) is 36.5 Å². The summed E-state index contributed by atoms with van der Waals surface area (Å²) in [4.78, 5) is 4.61. The summed E-state index contributed by atoms with van der Waals surface area (Å²) in [5.41, 5.74) is -0.154. The van der Waals surface area contributed by atoms with Gasteiger partial charge in [-0.1, -0.05) is 31.4 Å². The normalized spacial score (nSPS) is 21.1. The zero-order valence-corrected chi connectivity index (χ0v) is 19.9. The zero-order chi connectivity index (χ0) is 21.1. The van der Waals surface area contributed by atoms with Crippen LogP contribution >= 0.6 is 24.8 Å². The van der Waals surface area contributed by atoms with Gasteiger partial charge in [0.2, 0.25) is 0 Å². The van der Waals surface area contributed by atoms with Crippen molar-refractivity contribution >= 4 is 24.8 Å². The summed E-state index contributed by atoms with van der Waals surface area (Å²) in [5, 5.41) is 11.5. The molecular formula is C22H35Cl2F3N2O2. The van der Waals surface area contributed by atoms with Gasteiger partial charge in [0.1, 0.15) is 5.75 Å². The second-order valence-electron chi connectivity index (χ2n) is 8.83. The van der Waals surface area contributed by atoms with Crippen LogP contribution in [0.5, 0.6) is 5.75 Å². The van der Waals surface area contributed by atoms with Gasteiger partial charge in [-0.25, -0.2) is 0 Å². The maximum absolute atomic E-state index is 12.7. The summed E-state index contributed by atoms with van der Waals surface area (Å²) in [7, 11) is 4.19. The molecule has 1 saturated heterocycles. The quantitative estimate of drug-likeness (QED) is 0.596. The molecule has 0 bridgehead atoms. The van der Waals surface area contributed by atoms with Gasteiger partial charge in [0.25, 0.3) is 0 Å². The number of halogens is 5. The minimum Gasteiger partial charge on any atom is -0.406 e. The van der Waals surface area contributed by atoms with Gasteiger partial charge in [0.05, 0.1) is 5.60 Å². The lowest BCUT2D eigenvalue weighted by Gasteiger charge is -2.43. The van der Waals surface area contributed by atoms with Crippen LogP contribution in [0, 0.1) is 0 Å². The Kier molecular flexibility index (Phi) is 10.9. The first-order valence-corrected chi connectivity index (χ1v) is 10.6. The lowest BCUT2D eigenvalue weighted by Crippen LogP contribution is -2.48. The standard InChI is InChI=1S/C22H33F3N2O2.2ClH/c1-26(2)18-9-13-27(14-10-18)16-20(21(28)11-4-3-5-12-21)17-7-6-8-19(15-17)29-22(23,24)25;;/h6-8,15,18,20,28H,3-5,9-14,16H2,1-2H3;2*1H/t20-;;/m1../s1. The van der Waals surface area contributed by atoms with Crippen molar-refractivity contribution < 1.29 is 23.0 Å². The van der Waals surface area contributed by atoms with E-state index in [1.165, 1.54) is 12.1 Å². The highest BCUT2D eigenvalue weighted by Crippen LogP contribution is 2.42. The molecule has 0 amide bonds. The van der Waals surface area contributed by atoms with Crippen LogP contribution in [-0.2, 0) is 0 Å². The maximum Gasteiger partial charge on any atom is 0.573 e. The van der Waals surface area contributed by atoms with E-state index in [0.29, 0.717) is 25.4 Å². The Balaban J connectivity index is 0.00000240. The summed E-state index contributed by atoms with van der Waals surface area (Å²) in [6.07, 6.45) is 1.80. The minimum absolute atomic E-state index is 0. The molecule has 1 N–H and O–H groups in total. The number of hydrogen-bond acceptors (Lipinski definition) is 4. The number of aliphatic hydroxyl groups is 1. The SMILES string of the molecule is CN(C)C1CCN(C[C@H](c2cccc(OC(F)(F)F)c2)C2(O)CCCCC2)CC1.Cl.Cl. The summed E-state index contributed by atoms with van der Waals surface area (Å²) < 4.78 is 42.2. The largest absolute Gasteiger partial charge is 0.573 e. The second-order valence-corrected chi connectivity index (χ2v) is 8.83. The summed E-state index contributed by atoms with van der Waals surface area (Å²) in [5.74, 6) is -0.443. The second kappa shape index (κ2) is 11.9. The smallest absolute Gasteiger partial charge is 0.406 e. The molecule has 1 aromatic carbocycles. The van der Waals surface area contributed by atoms with Gasteiger partial charge >= 0.3 is 6.36 Å². The molecule has 180 valence electrons. The molecule has 1 aliphatic carbocycles. The summed E-state index contributed by atoms with van der Waals surface area (Å²) in [6.45, 7) is 2.54. The van der Waals surface area contributed by atoms with Gasteiger partial charge < -0.3 is 19.6 Å². The van der Waals surface area contributed by atoms with Crippen molar-refractivity contribution in [3.05, 3.63) is 29.8 Å². The molecule has 0 unspecified atom stereocenters. The van der Waals surface area contributed by atoms with Gasteiger partial charge in [-0.15, -0.1) is 38.0 Å². The maximum atomic E-state index is 12.7. The fourth-order valence-electron chi connectivity index (χ4n) is 4.90. The van der Waals surface area contributed by atoms with Crippen LogP contribution < -0.4 is 4.74 Å². The predicted octanol–water partition coefficient (Wildman–Crippen LogP) is 5.23. The summed E-state index contributed by atoms with van der Waals surface area (Å²) in [6, 6.07) is 6.76. The van der Waals surface area contributed by atoms with Crippen LogP contribution in [0.1, 0.15) is 56.4 Å². The van der Waals surface area contributed by atoms with Crippen LogP contribution in [0.4, 0.5) is 13.2 Å². The van der Waals surface area contributed by atoms with E-state index >= 15 is 0 Å². The first kappa shape index (κ1) is 28.3. The number of ether oxygens (including phenoxy) is 1. The van der Waals surface area contributed by atoms with E-state index in [1.807, 2.05) is 6.07 Å². The van der Waals surface area contributed by atoms with E-state index in [1.54, 1.807) is 6.07 Å². The highest BCUT2D eigenvalue weighted by molar-refractivity contribution is 5.85. The predicted molar refractivity (Wildman–Crippen MR) is 122 cm³/mol. The van der Waals surface area contributed by atoms with E-state index < -0.39 is 12.0 Å². The van der Waals surface area contributed by atoms with Crippen molar-refractivity contribution in [2.24, 2.45) is 0 Å². The third-order valence-electron chi connectivity index (χ3n) is 6.59. The Morgan fingerprint density at radius 2 is 1.74 bits per heavy atom. The van der Waals surface area contributed by atoms with Crippen LogP contribution in [0.3, 0.4) is 0 Å². The number of benzene rings is 1. The van der Waals surface area contributed by atoms with E-state index in [9.17, 15) is 18.3 Å². The molecule has 2 aliphatic rings. The first-order valence-electron chi connectivity index (χ1n) is 10.6. The molecular weight excluding hydrogens is 452 g/mol. The lowest BCUT2D eigenvalue weighted by molar-refractivity contribution is -0.274. The molecule has 4 nitrogen and oxygen atoms in total. The molecule has 9 heteroatoms. The molecule has 1 saturated carbocycles. The van der Waals surface area contributed by atoms with Crippen LogP contribution in [-0.4, -0.2) is 66.6 Å². The van der Waals surface area contributed by atoms with E-state index in [2.05, 4.69) is 28.6 Å². The van der Waals surface area contributed by atoms with Crippen LogP contribution in [0.2, 0.25) is 0 Å². The average Bonchev–Trinajstić information content (AvgIpc) is 2.66. The first-order chi connectivity index (χ1) is 13.7. The van der Waals surface area contributed by atoms with Crippen molar-refractivity contribution in [3.63, 3.8) is 0 Å². The highest BCUT2D eigenvalue weighted by Gasteiger charge is 2.40. The van der Waals surface area contributed by atoms with Crippen molar-refractivity contribution in [2.45, 2.75) is 68.9 Å².